The van der Waals surface area contributed by atoms with E-state index in [0.29, 0.717) is 12.0 Å². The molecule has 2 fully saturated rings. The number of hydrogen-bond acceptors (Lipinski definition) is 6. The fraction of sp³-hybridized carbons (Fsp3) is 0.500. The lowest BCUT2D eigenvalue weighted by Crippen LogP contribution is -2.18. The van der Waals surface area contributed by atoms with Gasteiger partial charge in [-0.2, -0.15) is 4.98 Å². The van der Waals surface area contributed by atoms with Gasteiger partial charge in [0.25, 0.3) is 0 Å². The number of anilines is 4. The minimum Gasteiger partial charge on any atom is -0.370 e. The van der Waals surface area contributed by atoms with Crippen LogP contribution in [0.1, 0.15) is 38.5 Å². The number of hydrogen-bond donors (Lipinski definition) is 2. The van der Waals surface area contributed by atoms with E-state index in [1.54, 1.807) is 0 Å². The van der Waals surface area contributed by atoms with Gasteiger partial charge in [0.15, 0.2) is 0 Å². The molecule has 6 nitrogen and oxygen atoms in total. The van der Waals surface area contributed by atoms with Crippen molar-refractivity contribution in [1.82, 2.24) is 15.0 Å². The molecule has 1 aliphatic heterocycles. The van der Waals surface area contributed by atoms with Gasteiger partial charge in [0.05, 0.1) is 15.5 Å². The Hall–Kier alpha value is -1.64. The molecule has 2 aromatic rings. The predicted octanol–water partition coefficient (Wildman–Crippen LogP) is 4.17. The van der Waals surface area contributed by atoms with E-state index in [1.807, 2.05) is 18.5 Å². The third-order valence-electron chi connectivity index (χ3n) is 4.90. The summed E-state index contributed by atoms with van der Waals surface area (Å²) in [7, 11) is 0. The van der Waals surface area contributed by atoms with Crippen molar-refractivity contribution in [3.8, 4) is 0 Å². The first kappa shape index (κ1) is 16.8. The van der Waals surface area contributed by atoms with Gasteiger partial charge < -0.3 is 15.5 Å². The van der Waals surface area contributed by atoms with Crippen LogP contribution >= 0.6 is 22.6 Å². The molecule has 1 saturated heterocycles. The first-order valence-corrected chi connectivity index (χ1v) is 10.1. The van der Waals surface area contributed by atoms with Crippen LogP contribution in [0.4, 0.5) is 23.3 Å². The molecule has 7 heteroatoms. The molecular weight excluding hydrogens is 427 g/mol. The monoisotopic (exact) mass is 450 g/mol. The molecular formula is C18H23IN6. The molecule has 25 heavy (non-hydrogen) atoms. The van der Waals surface area contributed by atoms with Crippen LogP contribution in [0.3, 0.4) is 0 Å². The van der Waals surface area contributed by atoms with E-state index in [9.17, 15) is 0 Å². The molecule has 0 aromatic carbocycles. The van der Waals surface area contributed by atoms with Gasteiger partial charge in [-0.1, -0.05) is 12.8 Å². The van der Waals surface area contributed by atoms with Gasteiger partial charge in [0, 0.05) is 25.3 Å². The molecule has 2 aromatic heterocycles. The predicted molar refractivity (Wildman–Crippen MR) is 110 cm³/mol. The molecule has 0 amide bonds. The second kappa shape index (κ2) is 7.72. The van der Waals surface area contributed by atoms with Gasteiger partial charge in [-0.15, -0.1) is 0 Å². The smallest absolute Gasteiger partial charge is 0.230 e. The number of halogens is 1. The largest absolute Gasteiger partial charge is 0.370 e. The van der Waals surface area contributed by atoms with Crippen molar-refractivity contribution in [3.63, 3.8) is 0 Å². The third kappa shape index (κ3) is 4.13. The van der Waals surface area contributed by atoms with E-state index >= 15 is 0 Å². The fourth-order valence-electron chi connectivity index (χ4n) is 3.53. The van der Waals surface area contributed by atoms with Crippen LogP contribution in [0.25, 0.3) is 0 Å². The van der Waals surface area contributed by atoms with E-state index in [0.717, 1.165) is 28.3 Å². The average molecular weight is 450 g/mol. The van der Waals surface area contributed by atoms with Crippen LogP contribution in [-0.2, 0) is 0 Å². The molecule has 0 bridgehead atoms. The van der Waals surface area contributed by atoms with Gasteiger partial charge in [0.2, 0.25) is 5.95 Å². The van der Waals surface area contributed by atoms with E-state index in [4.69, 9.17) is 0 Å². The van der Waals surface area contributed by atoms with Crippen molar-refractivity contribution >= 4 is 45.9 Å². The summed E-state index contributed by atoms with van der Waals surface area (Å²) >= 11 is 2.28. The van der Waals surface area contributed by atoms with Gasteiger partial charge in [-0.3, -0.25) is 0 Å². The van der Waals surface area contributed by atoms with Crippen molar-refractivity contribution in [2.75, 3.05) is 28.6 Å². The lowest BCUT2D eigenvalue weighted by Gasteiger charge is -2.17. The Bertz CT molecular complexity index is 708. The Morgan fingerprint density at radius 3 is 2.52 bits per heavy atom. The summed E-state index contributed by atoms with van der Waals surface area (Å²) in [6, 6.07) is 4.65. The molecule has 0 atom stereocenters. The molecule has 3 heterocycles. The highest BCUT2D eigenvalue weighted by molar-refractivity contribution is 14.1. The van der Waals surface area contributed by atoms with E-state index < -0.39 is 0 Å². The molecule has 1 saturated carbocycles. The lowest BCUT2D eigenvalue weighted by molar-refractivity contribution is 0.749. The highest BCUT2D eigenvalue weighted by Gasteiger charge is 2.17. The average Bonchev–Trinajstić information content (AvgIpc) is 3.32. The minimum absolute atomic E-state index is 0.536. The fourth-order valence-corrected chi connectivity index (χ4v) is 3.94. The van der Waals surface area contributed by atoms with Gasteiger partial charge in [-0.05, 0) is 60.4 Å². The van der Waals surface area contributed by atoms with Crippen LogP contribution in [-0.4, -0.2) is 34.1 Å². The lowest BCUT2D eigenvalue weighted by atomic mass is 10.2. The van der Waals surface area contributed by atoms with Crippen molar-refractivity contribution in [2.45, 2.75) is 44.6 Å². The van der Waals surface area contributed by atoms with Gasteiger partial charge in [-0.25, -0.2) is 9.97 Å². The highest BCUT2D eigenvalue weighted by Crippen LogP contribution is 2.25. The van der Waals surface area contributed by atoms with Gasteiger partial charge >= 0.3 is 0 Å². The van der Waals surface area contributed by atoms with E-state index in [-0.39, 0.29) is 0 Å². The molecule has 0 radical (unpaired) electrons. The summed E-state index contributed by atoms with van der Waals surface area (Å²) in [6.07, 6.45) is 11.4. The van der Waals surface area contributed by atoms with Crippen molar-refractivity contribution < 1.29 is 0 Å². The number of nitrogens with zero attached hydrogens (tertiary/aromatic N) is 4. The maximum atomic E-state index is 4.64. The Balaban J connectivity index is 1.44. The summed E-state index contributed by atoms with van der Waals surface area (Å²) in [5.74, 6) is 2.27. The van der Waals surface area contributed by atoms with Crippen LogP contribution in [0.2, 0.25) is 0 Å². The second-order valence-electron chi connectivity index (χ2n) is 6.74. The maximum absolute atomic E-state index is 4.64. The second-order valence-corrected chi connectivity index (χ2v) is 7.90. The summed E-state index contributed by atoms with van der Waals surface area (Å²) in [5, 5.41) is 6.77. The van der Waals surface area contributed by atoms with E-state index in [2.05, 4.69) is 59.1 Å². The number of nitrogens with one attached hydrogen (secondary N) is 2. The highest BCUT2D eigenvalue weighted by atomic mass is 127. The van der Waals surface area contributed by atoms with E-state index in [1.165, 1.54) is 44.2 Å². The van der Waals surface area contributed by atoms with Crippen LogP contribution in [0, 0.1) is 3.57 Å². The topological polar surface area (TPSA) is 66.0 Å². The zero-order valence-corrected chi connectivity index (χ0v) is 16.4. The summed E-state index contributed by atoms with van der Waals surface area (Å²) in [5.41, 5.74) is 1.19. The van der Waals surface area contributed by atoms with Crippen LogP contribution in [0.15, 0.2) is 24.5 Å². The molecule has 4 rings (SSSR count). The first-order valence-electron chi connectivity index (χ1n) is 9.05. The molecule has 0 spiro atoms. The van der Waals surface area contributed by atoms with Crippen LogP contribution < -0.4 is 15.5 Å². The SMILES string of the molecule is Ic1cnc(Nc2ccc(N3CCCC3)cn2)nc1NC1CCCC1. The molecule has 2 aliphatic rings. The van der Waals surface area contributed by atoms with Crippen molar-refractivity contribution in [2.24, 2.45) is 0 Å². The molecule has 2 N–H and O–H groups in total. The van der Waals surface area contributed by atoms with Crippen molar-refractivity contribution in [1.29, 1.82) is 0 Å². The number of pyridine rings is 1. The summed E-state index contributed by atoms with van der Waals surface area (Å²) < 4.78 is 1.05. The first-order chi connectivity index (χ1) is 12.3. The molecule has 1 aliphatic carbocycles. The molecule has 0 unspecified atom stereocenters. The quantitative estimate of drug-likeness (QED) is 0.667. The zero-order chi connectivity index (χ0) is 17.1. The third-order valence-corrected chi connectivity index (χ3v) is 5.69. The maximum Gasteiger partial charge on any atom is 0.230 e. The van der Waals surface area contributed by atoms with Crippen molar-refractivity contribution in [3.05, 3.63) is 28.1 Å². The molecule has 132 valence electrons. The Labute approximate surface area is 162 Å². The Morgan fingerprint density at radius 1 is 1.00 bits per heavy atom. The zero-order valence-electron chi connectivity index (χ0n) is 14.2. The van der Waals surface area contributed by atoms with Gasteiger partial charge in [0.1, 0.15) is 11.6 Å². The minimum atomic E-state index is 0.536. The Kier molecular flexibility index (Phi) is 5.19. The number of aromatic nitrogens is 3. The summed E-state index contributed by atoms with van der Waals surface area (Å²) in [6.45, 7) is 2.26. The summed E-state index contributed by atoms with van der Waals surface area (Å²) in [4.78, 5) is 15.9. The normalized spacial score (nSPS) is 17.9. The number of rotatable bonds is 5. The standard InChI is InChI=1S/C18H23IN6/c19-15-12-21-18(24-17(15)22-13-5-1-2-6-13)23-16-8-7-14(11-20-16)25-9-3-4-10-25/h7-8,11-13H,1-6,9-10H2,(H2,20,21,22,23,24). The Morgan fingerprint density at radius 2 is 1.80 bits per heavy atom. The van der Waals surface area contributed by atoms with Crippen LogP contribution in [0.5, 0.6) is 0 Å².